The fourth-order valence-corrected chi connectivity index (χ4v) is 2.80. The summed E-state index contributed by atoms with van der Waals surface area (Å²) in [6.07, 6.45) is 2.74. The average Bonchev–Trinajstić information content (AvgIpc) is 2.47. The first-order valence-electron chi connectivity index (χ1n) is 7.36. The van der Waals surface area contributed by atoms with Crippen LogP contribution in [0.15, 0.2) is 24.3 Å². The summed E-state index contributed by atoms with van der Waals surface area (Å²) in [5.41, 5.74) is 1.19. The van der Waals surface area contributed by atoms with Gasteiger partial charge in [-0.15, -0.1) is 0 Å². The highest BCUT2D eigenvalue weighted by atomic mass is 16.5. The van der Waals surface area contributed by atoms with Crippen molar-refractivity contribution < 1.29 is 14.6 Å². The Bertz CT molecular complexity index is 430. The molecular formula is C16H23NO3. The second-order valence-corrected chi connectivity index (χ2v) is 5.32. The molecule has 20 heavy (non-hydrogen) atoms. The van der Waals surface area contributed by atoms with Crippen LogP contribution in [0.5, 0.6) is 5.75 Å². The van der Waals surface area contributed by atoms with Gasteiger partial charge >= 0.3 is 5.97 Å². The molecule has 0 bridgehead atoms. The van der Waals surface area contributed by atoms with Crippen LogP contribution in [-0.4, -0.2) is 30.8 Å². The Morgan fingerprint density at radius 2 is 2.15 bits per heavy atom. The molecule has 0 spiro atoms. The zero-order valence-corrected chi connectivity index (χ0v) is 12.0. The fourth-order valence-electron chi connectivity index (χ4n) is 2.80. The monoisotopic (exact) mass is 277 g/mol. The summed E-state index contributed by atoms with van der Waals surface area (Å²) in [5, 5.41) is 12.6. The normalized spacial score (nSPS) is 22.4. The van der Waals surface area contributed by atoms with E-state index in [1.165, 1.54) is 5.56 Å². The fraction of sp³-hybridized carbons (Fsp3) is 0.562. The van der Waals surface area contributed by atoms with Crippen LogP contribution >= 0.6 is 0 Å². The topological polar surface area (TPSA) is 58.6 Å². The number of esters is 1. The van der Waals surface area contributed by atoms with Crippen molar-refractivity contribution in [1.29, 1.82) is 0 Å². The Labute approximate surface area is 120 Å². The molecule has 1 aromatic carbocycles. The largest absolute Gasteiger partial charge is 0.508 e. The van der Waals surface area contributed by atoms with Crippen LogP contribution in [-0.2, 0) is 16.0 Å². The maximum atomic E-state index is 12.0. The summed E-state index contributed by atoms with van der Waals surface area (Å²) in [5.74, 6) is 0.590. The number of hydrogen-bond acceptors (Lipinski definition) is 4. The van der Waals surface area contributed by atoms with Crippen molar-refractivity contribution in [2.24, 2.45) is 11.8 Å². The first kappa shape index (κ1) is 14.9. The third-order valence-corrected chi connectivity index (χ3v) is 3.94. The van der Waals surface area contributed by atoms with Crippen molar-refractivity contribution in [3.05, 3.63) is 29.8 Å². The second kappa shape index (κ2) is 7.29. The maximum Gasteiger partial charge on any atom is 0.309 e. The lowest BCUT2D eigenvalue weighted by molar-refractivity contribution is -0.151. The van der Waals surface area contributed by atoms with E-state index in [0.29, 0.717) is 12.5 Å². The summed E-state index contributed by atoms with van der Waals surface area (Å²) < 4.78 is 5.18. The van der Waals surface area contributed by atoms with Crippen LogP contribution in [0, 0.1) is 11.8 Å². The van der Waals surface area contributed by atoms with Gasteiger partial charge in [-0.3, -0.25) is 4.79 Å². The molecule has 0 aliphatic carbocycles. The molecule has 0 radical (unpaired) electrons. The van der Waals surface area contributed by atoms with Gasteiger partial charge in [0.15, 0.2) is 0 Å². The summed E-state index contributed by atoms with van der Waals surface area (Å²) >= 11 is 0. The first-order valence-corrected chi connectivity index (χ1v) is 7.36. The number of benzene rings is 1. The lowest BCUT2D eigenvalue weighted by Crippen LogP contribution is -2.41. The van der Waals surface area contributed by atoms with Crippen LogP contribution in [0.25, 0.3) is 0 Å². The third kappa shape index (κ3) is 3.97. The molecule has 2 N–H and O–H groups in total. The average molecular weight is 277 g/mol. The van der Waals surface area contributed by atoms with E-state index in [9.17, 15) is 9.90 Å². The number of phenols is 1. The van der Waals surface area contributed by atoms with Crippen LogP contribution in [0.3, 0.4) is 0 Å². The number of carbonyl (C=O) groups excluding carboxylic acids is 1. The molecule has 2 atom stereocenters. The van der Waals surface area contributed by atoms with Crippen LogP contribution < -0.4 is 5.32 Å². The smallest absolute Gasteiger partial charge is 0.309 e. The summed E-state index contributed by atoms with van der Waals surface area (Å²) in [7, 11) is 0. The highest BCUT2D eigenvalue weighted by Crippen LogP contribution is 2.25. The van der Waals surface area contributed by atoms with Gasteiger partial charge in [-0.05, 0) is 62.9 Å². The quantitative estimate of drug-likeness (QED) is 0.809. The van der Waals surface area contributed by atoms with E-state index in [1.807, 2.05) is 19.1 Å². The molecule has 0 saturated carbocycles. The molecule has 0 aromatic heterocycles. The Balaban J connectivity index is 1.91. The van der Waals surface area contributed by atoms with E-state index in [1.54, 1.807) is 12.1 Å². The number of phenolic OH excluding ortho intramolecular Hbond substituents is 1. The summed E-state index contributed by atoms with van der Waals surface area (Å²) in [6, 6.07) is 7.28. The van der Waals surface area contributed by atoms with Gasteiger partial charge in [0.25, 0.3) is 0 Å². The molecule has 1 aliphatic rings. The van der Waals surface area contributed by atoms with Crippen LogP contribution in [0.4, 0.5) is 0 Å². The number of piperidine rings is 1. The minimum absolute atomic E-state index is 0.0216. The first-order chi connectivity index (χ1) is 9.70. The van der Waals surface area contributed by atoms with Crippen molar-refractivity contribution in [2.45, 2.75) is 26.2 Å². The summed E-state index contributed by atoms with van der Waals surface area (Å²) in [4.78, 5) is 12.0. The number of rotatable bonds is 5. The third-order valence-electron chi connectivity index (χ3n) is 3.94. The number of nitrogens with one attached hydrogen (secondary N) is 1. The van der Waals surface area contributed by atoms with Gasteiger partial charge < -0.3 is 15.2 Å². The highest BCUT2D eigenvalue weighted by Gasteiger charge is 2.31. The van der Waals surface area contributed by atoms with Crippen molar-refractivity contribution in [3.8, 4) is 5.75 Å². The summed E-state index contributed by atoms with van der Waals surface area (Å²) in [6.45, 7) is 4.07. The van der Waals surface area contributed by atoms with Gasteiger partial charge in [0, 0.05) is 0 Å². The predicted octanol–water partition coefficient (Wildman–Crippen LogP) is 2.11. The van der Waals surface area contributed by atoms with E-state index in [-0.39, 0.29) is 17.6 Å². The Hall–Kier alpha value is -1.55. The minimum Gasteiger partial charge on any atom is -0.508 e. The van der Waals surface area contributed by atoms with E-state index in [2.05, 4.69) is 5.32 Å². The molecule has 1 saturated heterocycles. The van der Waals surface area contributed by atoms with E-state index in [4.69, 9.17) is 4.74 Å². The Morgan fingerprint density at radius 1 is 1.40 bits per heavy atom. The molecule has 1 aromatic rings. The molecule has 2 rings (SSSR count). The highest BCUT2D eigenvalue weighted by molar-refractivity contribution is 5.73. The molecule has 1 heterocycles. The number of hydrogen-bond donors (Lipinski definition) is 2. The lowest BCUT2D eigenvalue weighted by Gasteiger charge is -2.30. The molecule has 2 unspecified atom stereocenters. The van der Waals surface area contributed by atoms with Gasteiger partial charge in [0.2, 0.25) is 0 Å². The Morgan fingerprint density at radius 3 is 2.85 bits per heavy atom. The molecular weight excluding hydrogens is 254 g/mol. The van der Waals surface area contributed by atoms with Crippen molar-refractivity contribution in [3.63, 3.8) is 0 Å². The van der Waals surface area contributed by atoms with Gasteiger partial charge in [0.1, 0.15) is 5.75 Å². The molecule has 1 fully saturated rings. The predicted molar refractivity (Wildman–Crippen MR) is 77.5 cm³/mol. The maximum absolute atomic E-state index is 12.0. The van der Waals surface area contributed by atoms with Gasteiger partial charge in [-0.25, -0.2) is 0 Å². The lowest BCUT2D eigenvalue weighted by atomic mass is 9.82. The van der Waals surface area contributed by atoms with Crippen molar-refractivity contribution >= 4 is 5.97 Å². The van der Waals surface area contributed by atoms with Crippen molar-refractivity contribution in [2.75, 3.05) is 19.7 Å². The van der Waals surface area contributed by atoms with Gasteiger partial charge in [-0.2, -0.15) is 0 Å². The number of aryl methyl sites for hydroxylation is 1. The molecule has 4 nitrogen and oxygen atoms in total. The van der Waals surface area contributed by atoms with Crippen LogP contribution in [0.1, 0.15) is 25.3 Å². The molecule has 110 valence electrons. The standard InChI is InChI=1S/C16H23NO3/c1-2-20-16(19)15-9-10-17-11-13(15)6-3-12-4-7-14(18)8-5-12/h4-5,7-8,13,15,17-18H,2-3,6,9-11H2,1H3. The van der Waals surface area contributed by atoms with Crippen molar-refractivity contribution in [1.82, 2.24) is 5.32 Å². The molecule has 1 aliphatic heterocycles. The Kier molecular flexibility index (Phi) is 5.41. The molecule has 0 amide bonds. The number of ether oxygens (including phenoxy) is 1. The van der Waals surface area contributed by atoms with E-state index >= 15 is 0 Å². The second-order valence-electron chi connectivity index (χ2n) is 5.32. The van der Waals surface area contributed by atoms with Gasteiger partial charge in [-0.1, -0.05) is 12.1 Å². The number of carbonyl (C=O) groups is 1. The SMILES string of the molecule is CCOC(=O)C1CCNCC1CCc1ccc(O)cc1. The number of aromatic hydroxyl groups is 1. The zero-order valence-electron chi connectivity index (χ0n) is 12.0. The minimum atomic E-state index is -0.0512. The van der Waals surface area contributed by atoms with E-state index < -0.39 is 0 Å². The van der Waals surface area contributed by atoms with Crippen LogP contribution in [0.2, 0.25) is 0 Å². The zero-order chi connectivity index (χ0) is 14.4. The molecule has 4 heteroatoms. The van der Waals surface area contributed by atoms with Gasteiger partial charge in [0.05, 0.1) is 12.5 Å². The van der Waals surface area contributed by atoms with E-state index in [0.717, 1.165) is 32.4 Å².